The smallest absolute Gasteiger partial charge is 0.254 e. The summed E-state index contributed by atoms with van der Waals surface area (Å²) in [4.78, 5) is 18.9. The van der Waals surface area contributed by atoms with E-state index < -0.39 is 0 Å². The number of carbonyl (C=O) groups excluding carboxylic acids is 1. The Kier molecular flexibility index (Phi) is 4.06. The first kappa shape index (κ1) is 15.9. The molecule has 0 atom stereocenters. The Morgan fingerprint density at radius 2 is 2.12 bits per heavy atom. The molecule has 25 heavy (non-hydrogen) atoms. The normalized spacial score (nSPS) is 14.6. The van der Waals surface area contributed by atoms with Crippen molar-refractivity contribution in [3.63, 3.8) is 0 Å². The molecule has 0 saturated heterocycles. The standard InChI is InChI=1S/C20H18ClN3O/c1-23-13-18(17-6-3-9-22-19(17)23)14-7-10-24(11-8-14)20(25)15-4-2-5-16(21)12-15/h2-7,9,12-13H,8,10-11H2,1H3. The monoisotopic (exact) mass is 351 g/mol. The minimum Gasteiger partial charge on any atom is -0.335 e. The Balaban J connectivity index is 1.59. The molecular weight excluding hydrogens is 334 g/mol. The van der Waals surface area contributed by atoms with Crippen LogP contribution in [0.4, 0.5) is 0 Å². The van der Waals surface area contributed by atoms with Gasteiger partial charge in [0.1, 0.15) is 5.65 Å². The van der Waals surface area contributed by atoms with Gasteiger partial charge in [-0.15, -0.1) is 0 Å². The maximum Gasteiger partial charge on any atom is 0.254 e. The topological polar surface area (TPSA) is 38.1 Å². The van der Waals surface area contributed by atoms with Crippen LogP contribution in [-0.2, 0) is 7.05 Å². The SMILES string of the molecule is Cn1cc(C2=CCN(C(=O)c3cccc(Cl)c3)CC2)c2cccnc21. The van der Waals surface area contributed by atoms with E-state index in [4.69, 9.17) is 11.6 Å². The summed E-state index contributed by atoms with van der Waals surface area (Å²) >= 11 is 6.00. The lowest BCUT2D eigenvalue weighted by atomic mass is 9.99. The minimum atomic E-state index is 0.0254. The van der Waals surface area contributed by atoms with Crippen LogP contribution in [0.5, 0.6) is 0 Å². The zero-order chi connectivity index (χ0) is 17.4. The van der Waals surface area contributed by atoms with E-state index in [0.29, 0.717) is 23.7 Å². The average molecular weight is 352 g/mol. The molecule has 0 saturated carbocycles. The summed E-state index contributed by atoms with van der Waals surface area (Å²) in [5.74, 6) is 0.0254. The summed E-state index contributed by atoms with van der Waals surface area (Å²) in [5, 5.41) is 1.74. The van der Waals surface area contributed by atoms with Gasteiger partial charge in [-0.25, -0.2) is 4.98 Å². The van der Waals surface area contributed by atoms with Gasteiger partial charge >= 0.3 is 0 Å². The van der Waals surface area contributed by atoms with Crippen LogP contribution in [0, 0.1) is 0 Å². The Labute approximate surface area is 151 Å². The Morgan fingerprint density at radius 3 is 2.88 bits per heavy atom. The fourth-order valence-corrected chi connectivity index (χ4v) is 3.56. The lowest BCUT2D eigenvalue weighted by Gasteiger charge is -2.26. The molecule has 0 spiro atoms. The van der Waals surface area contributed by atoms with Gasteiger partial charge in [0.25, 0.3) is 5.91 Å². The zero-order valence-corrected chi connectivity index (χ0v) is 14.7. The van der Waals surface area contributed by atoms with Gasteiger partial charge in [0.15, 0.2) is 0 Å². The first-order chi connectivity index (χ1) is 12.1. The number of hydrogen-bond donors (Lipinski definition) is 0. The predicted molar refractivity (Wildman–Crippen MR) is 101 cm³/mol. The van der Waals surface area contributed by atoms with Crippen molar-refractivity contribution >= 4 is 34.1 Å². The molecule has 1 amide bonds. The number of pyridine rings is 1. The van der Waals surface area contributed by atoms with Crippen LogP contribution >= 0.6 is 11.6 Å². The second kappa shape index (κ2) is 6.37. The second-order valence-corrected chi connectivity index (χ2v) is 6.71. The van der Waals surface area contributed by atoms with Crippen LogP contribution in [-0.4, -0.2) is 33.4 Å². The summed E-state index contributed by atoms with van der Waals surface area (Å²) in [6.07, 6.45) is 6.92. The third-order valence-electron chi connectivity index (χ3n) is 4.65. The summed E-state index contributed by atoms with van der Waals surface area (Å²) < 4.78 is 2.05. The maximum absolute atomic E-state index is 12.6. The number of carbonyl (C=O) groups is 1. The highest BCUT2D eigenvalue weighted by Gasteiger charge is 2.21. The quantitative estimate of drug-likeness (QED) is 0.695. The lowest BCUT2D eigenvalue weighted by molar-refractivity contribution is 0.0773. The maximum atomic E-state index is 12.6. The van der Waals surface area contributed by atoms with Crippen molar-refractivity contribution in [3.8, 4) is 0 Å². The van der Waals surface area contributed by atoms with E-state index in [1.807, 2.05) is 36.3 Å². The molecule has 0 aliphatic carbocycles. The van der Waals surface area contributed by atoms with Gasteiger partial charge in [0.05, 0.1) is 0 Å². The molecule has 2 aromatic heterocycles. The van der Waals surface area contributed by atoms with E-state index in [9.17, 15) is 4.79 Å². The zero-order valence-electron chi connectivity index (χ0n) is 13.9. The number of hydrogen-bond acceptors (Lipinski definition) is 2. The van der Waals surface area contributed by atoms with Crippen LogP contribution in [0.2, 0.25) is 5.02 Å². The van der Waals surface area contributed by atoms with Crippen molar-refractivity contribution in [2.24, 2.45) is 7.05 Å². The van der Waals surface area contributed by atoms with Gasteiger partial charge in [-0.2, -0.15) is 0 Å². The molecule has 126 valence electrons. The third kappa shape index (κ3) is 2.94. The molecule has 1 aliphatic heterocycles. The summed E-state index contributed by atoms with van der Waals surface area (Å²) in [5.41, 5.74) is 4.10. The summed E-state index contributed by atoms with van der Waals surface area (Å²) in [7, 11) is 2.01. The van der Waals surface area contributed by atoms with Gasteiger partial charge < -0.3 is 9.47 Å². The number of amides is 1. The van der Waals surface area contributed by atoms with Gasteiger partial charge in [0, 0.05) is 54.1 Å². The van der Waals surface area contributed by atoms with E-state index in [0.717, 1.165) is 17.5 Å². The van der Waals surface area contributed by atoms with Gasteiger partial charge in [-0.1, -0.05) is 23.7 Å². The van der Waals surface area contributed by atoms with Gasteiger partial charge in [0.2, 0.25) is 0 Å². The first-order valence-corrected chi connectivity index (χ1v) is 8.65. The van der Waals surface area contributed by atoms with Crippen LogP contribution in [0.1, 0.15) is 22.3 Å². The van der Waals surface area contributed by atoms with E-state index in [1.165, 1.54) is 11.1 Å². The van der Waals surface area contributed by atoms with Crippen molar-refractivity contribution in [3.05, 3.63) is 71.0 Å². The molecule has 3 heterocycles. The highest BCUT2D eigenvalue weighted by Crippen LogP contribution is 2.30. The Bertz CT molecular complexity index is 990. The minimum absolute atomic E-state index is 0.0254. The molecule has 1 aromatic carbocycles. The van der Waals surface area contributed by atoms with Crippen molar-refractivity contribution in [2.45, 2.75) is 6.42 Å². The third-order valence-corrected chi connectivity index (χ3v) is 4.88. The molecule has 3 aromatic rings. The average Bonchev–Trinajstić information content (AvgIpc) is 2.98. The largest absolute Gasteiger partial charge is 0.335 e. The number of aromatic nitrogens is 2. The first-order valence-electron chi connectivity index (χ1n) is 8.28. The van der Waals surface area contributed by atoms with Crippen molar-refractivity contribution in [1.29, 1.82) is 0 Å². The molecule has 0 fully saturated rings. The van der Waals surface area contributed by atoms with Gasteiger partial charge in [-0.3, -0.25) is 4.79 Å². The molecule has 0 bridgehead atoms. The number of nitrogens with zero attached hydrogens (tertiary/aromatic N) is 3. The predicted octanol–water partition coefficient (Wildman–Crippen LogP) is 4.16. The van der Waals surface area contributed by atoms with Gasteiger partial charge in [-0.05, 0) is 42.3 Å². The fraction of sp³-hybridized carbons (Fsp3) is 0.200. The van der Waals surface area contributed by atoms with Crippen LogP contribution in [0.3, 0.4) is 0 Å². The highest BCUT2D eigenvalue weighted by atomic mass is 35.5. The molecule has 1 aliphatic rings. The second-order valence-electron chi connectivity index (χ2n) is 6.27. The number of rotatable bonds is 2. The molecule has 4 nitrogen and oxygen atoms in total. The van der Waals surface area contributed by atoms with E-state index >= 15 is 0 Å². The van der Waals surface area contributed by atoms with Crippen molar-refractivity contribution < 1.29 is 4.79 Å². The molecule has 0 radical (unpaired) electrons. The molecule has 5 heteroatoms. The Hall–Kier alpha value is -2.59. The lowest BCUT2D eigenvalue weighted by Crippen LogP contribution is -2.34. The fourth-order valence-electron chi connectivity index (χ4n) is 3.37. The van der Waals surface area contributed by atoms with Crippen molar-refractivity contribution in [2.75, 3.05) is 13.1 Å². The number of halogens is 1. The molecular formula is C20H18ClN3O. The van der Waals surface area contributed by atoms with Crippen LogP contribution in [0.15, 0.2) is 54.9 Å². The van der Waals surface area contributed by atoms with Crippen LogP contribution in [0.25, 0.3) is 16.6 Å². The number of aryl methyl sites for hydroxylation is 1. The van der Waals surface area contributed by atoms with E-state index in [1.54, 1.807) is 12.1 Å². The number of benzene rings is 1. The molecule has 0 unspecified atom stereocenters. The van der Waals surface area contributed by atoms with E-state index in [-0.39, 0.29) is 5.91 Å². The molecule has 4 rings (SSSR count). The van der Waals surface area contributed by atoms with E-state index in [2.05, 4.69) is 27.9 Å². The highest BCUT2D eigenvalue weighted by molar-refractivity contribution is 6.30. The molecule has 0 N–H and O–H groups in total. The van der Waals surface area contributed by atoms with Crippen LogP contribution < -0.4 is 0 Å². The summed E-state index contributed by atoms with van der Waals surface area (Å²) in [6, 6.07) is 11.2. The Morgan fingerprint density at radius 1 is 1.24 bits per heavy atom. The summed E-state index contributed by atoms with van der Waals surface area (Å²) in [6.45, 7) is 1.31. The van der Waals surface area contributed by atoms with Crippen molar-refractivity contribution in [1.82, 2.24) is 14.5 Å². The number of fused-ring (bicyclic) bond motifs is 1.